The maximum atomic E-state index is 13.4. The van der Waals surface area contributed by atoms with Crippen LogP contribution in [0.4, 0.5) is 4.39 Å². The number of hydrogen-bond donors (Lipinski definition) is 1. The molecule has 1 aromatic heterocycles. The Morgan fingerprint density at radius 2 is 2.15 bits per heavy atom. The smallest absolute Gasteiger partial charge is 0.337 e. The summed E-state index contributed by atoms with van der Waals surface area (Å²) < 4.78 is 19.3. The Morgan fingerprint density at radius 1 is 1.45 bits per heavy atom. The van der Waals surface area contributed by atoms with Gasteiger partial charge in [-0.15, -0.1) is 0 Å². The second kappa shape index (κ2) is 5.76. The molecule has 0 saturated heterocycles. The number of aromatic carboxylic acids is 1. The van der Waals surface area contributed by atoms with Crippen LogP contribution in [-0.4, -0.2) is 16.1 Å². The monoisotopic (exact) mass is 359 g/mol. The van der Waals surface area contributed by atoms with Crippen molar-refractivity contribution >= 4 is 33.5 Å². The van der Waals surface area contributed by atoms with E-state index in [0.29, 0.717) is 10.0 Å². The van der Waals surface area contributed by atoms with Gasteiger partial charge in [0.15, 0.2) is 0 Å². The Hall–Kier alpha value is -1.66. The van der Waals surface area contributed by atoms with Crippen LogP contribution in [0.5, 0.6) is 11.6 Å². The van der Waals surface area contributed by atoms with E-state index in [9.17, 15) is 9.18 Å². The Labute approximate surface area is 127 Å². The average Bonchev–Trinajstić information content (AvgIpc) is 2.37. The first-order valence-electron chi connectivity index (χ1n) is 5.41. The number of ether oxygens (including phenoxy) is 1. The summed E-state index contributed by atoms with van der Waals surface area (Å²) in [6, 6.07) is 3.91. The molecule has 0 spiro atoms. The number of carboxylic acids is 1. The first-order chi connectivity index (χ1) is 9.38. The molecule has 0 aliphatic rings. The van der Waals surface area contributed by atoms with Crippen molar-refractivity contribution in [2.45, 2.75) is 6.92 Å². The molecule has 20 heavy (non-hydrogen) atoms. The molecule has 0 aliphatic heterocycles. The van der Waals surface area contributed by atoms with Crippen LogP contribution in [0.1, 0.15) is 15.9 Å². The standard InChI is InChI=1S/C13H8BrClFNO3/c1-6-2-7(13(18)19)5-17-12(6)20-11-4-10(16)9(15)3-8(11)14/h2-5H,1H3,(H,18,19). The number of nitrogens with zero attached hydrogens (tertiary/aromatic N) is 1. The summed E-state index contributed by atoms with van der Waals surface area (Å²) in [5.74, 6) is -1.31. The van der Waals surface area contributed by atoms with E-state index < -0.39 is 11.8 Å². The Kier molecular flexibility index (Phi) is 4.25. The lowest BCUT2D eigenvalue weighted by atomic mass is 10.2. The quantitative estimate of drug-likeness (QED) is 0.822. The zero-order chi connectivity index (χ0) is 14.9. The maximum absolute atomic E-state index is 13.4. The van der Waals surface area contributed by atoms with Crippen molar-refractivity contribution in [3.8, 4) is 11.6 Å². The van der Waals surface area contributed by atoms with E-state index in [0.717, 1.165) is 6.07 Å². The van der Waals surface area contributed by atoms with Crippen LogP contribution in [0.15, 0.2) is 28.9 Å². The van der Waals surface area contributed by atoms with Crippen molar-refractivity contribution in [2.75, 3.05) is 0 Å². The van der Waals surface area contributed by atoms with Crippen molar-refractivity contribution in [3.63, 3.8) is 0 Å². The minimum atomic E-state index is -1.08. The molecule has 2 aromatic rings. The zero-order valence-electron chi connectivity index (χ0n) is 10.2. The van der Waals surface area contributed by atoms with Crippen LogP contribution in [0.3, 0.4) is 0 Å². The number of hydrogen-bond acceptors (Lipinski definition) is 3. The van der Waals surface area contributed by atoms with Crippen LogP contribution < -0.4 is 4.74 Å². The largest absolute Gasteiger partial charge is 0.478 e. The van der Waals surface area contributed by atoms with Crippen molar-refractivity contribution in [1.82, 2.24) is 4.98 Å². The van der Waals surface area contributed by atoms with Gasteiger partial charge in [-0.2, -0.15) is 0 Å². The van der Waals surface area contributed by atoms with E-state index in [1.807, 2.05) is 0 Å². The number of rotatable bonds is 3. The Balaban J connectivity index is 2.35. The number of aromatic nitrogens is 1. The summed E-state index contributed by atoms with van der Waals surface area (Å²) in [6.45, 7) is 1.65. The molecule has 7 heteroatoms. The highest BCUT2D eigenvalue weighted by Gasteiger charge is 2.12. The van der Waals surface area contributed by atoms with Gasteiger partial charge >= 0.3 is 5.97 Å². The molecule has 104 valence electrons. The highest BCUT2D eigenvalue weighted by atomic mass is 79.9. The van der Waals surface area contributed by atoms with Crippen molar-refractivity contribution in [3.05, 3.63) is 50.8 Å². The number of benzene rings is 1. The molecule has 0 amide bonds. The fourth-order valence-electron chi connectivity index (χ4n) is 1.47. The van der Waals surface area contributed by atoms with Gasteiger partial charge in [-0.25, -0.2) is 14.2 Å². The summed E-state index contributed by atoms with van der Waals surface area (Å²) in [4.78, 5) is 14.7. The third kappa shape index (κ3) is 3.08. The minimum Gasteiger partial charge on any atom is -0.478 e. The number of aryl methyl sites for hydroxylation is 1. The Morgan fingerprint density at radius 3 is 2.75 bits per heavy atom. The van der Waals surface area contributed by atoms with Gasteiger partial charge in [0.2, 0.25) is 5.88 Å². The lowest BCUT2D eigenvalue weighted by Crippen LogP contribution is -2.00. The van der Waals surface area contributed by atoms with E-state index in [4.69, 9.17) is 21.4 Å². The van der Waals surface area contributed by atoms with E-state index >= 15 is 0 Å². The maximum Gasteiger partial charge on any atom is 0.337 e. The number of halogens is 3. The fraction of sp³-hybridized carbons (Fsp3) is 0.0769. The normalized spacial score (nSPS) is 10.4. The molecule has 2 rings (SSSR count). The van der Waals surface area contributed by atoms with Crippen molar-refractivity contribution in [2.24, 2.45) is 0 Å². The number of carbonyl (C=O) groups is 1. The van der Waals surface area contributed by atoms with Gasteiger partial charge in [-0.05, 0) is 35.0 Å². The molecule has 1 aromatic carbocycles. The highest BCUT2D eigenvalue weighted by Crippen LogP contribution is 2.34. The minimum absolute atomic E-state index is 0.0323. The number of carboxylic acid groups (broad SMARTS) is 1. The summed E-state index contributed by atoms with van der Waals surface area (Å²) in [6.07, 6.45) is 1.17. The molecule has 0 radical (unpaired) electrons. The van der Waals surface area contributed by atoms with Crippen LogP contribution >= 0.6 is 27.5 Å². The molecule has 0 saturated carbocycles. The third-order valence-electron chi connectivity index (χ3n) is 2.46. The third-order valence-corrected chi connectivity index (χ3v) is 3.37. The SMILES string of the molecule is Cc1cc(C(=O)O)cnc1Oc1cc(F)c(Cl)cc1Br. The summed E-state index contributed by atoms with van der Waals surface area (Å²) >= 11 is 8.84. The van der Waals surface area contributed by atoms with Crippen molar-refractivity contribution in [1.29, 1.82) is 0 Å². The van der Waals surface area contributed by atoms with Crippen LogP contribution in [0, 0.1) is 12.7 Å². The summed E-state index contributed by atoms with van der Waals surface area (Å²) in [5.41, 5.74) is 0.573. The van der Waals surface area contributed by atoms with E-state index in [1.54, 1.807) is 6.92 Å². The summed E-state index contributed by atoms with van der Waals surface area (Å²) in [5, 5.41) is 8.82. The van der Waals surface area contributed by atoms with Crippen molar-refractivity contribution < 1.29 is 19.0 Å². The first-order valence-corrected chi connectivity index (χ1v) is 6.58. The van der Waals surface area contributed by atoms with E-state index in [-0.39, 0.29) is 22.2 Å². The lowest BCUT2D eigenvalue weighted by molar-refractivity contribution is 0.0696. The van der Waals surface area contributed by atoms with E-state index in [1.165, 1.54) is 18.3 Å². The Bertz CT molecular complexity index is 694. The summed E-state index contributed by atoms with van der Waals surface area (Å²) in [7, 11) is 0. The molecule has 4 nitrogen and oxygen atoms in total. The van der Waals surface area contributed by atoms with Gasteiger partial charge < -0.3 is 9.84 Å². The predicted octanol–water partition coefficient (Wildman–Crippen LogP) is 4.44. The second-order valence-electron chi connectivity index (χ2n) is 3.95. The molecule has 0 atom stereocenters. The van der Waals surface area contributed by atoms with Gasteiger partial charge in [0.25, 0.3) is 0 Å². The molecular weight excluding hydrogens is 353 g/mol. The molecule has 0 unspecified atom stereocenters. The van der Waals surface area contributed by atoms with Gasteiger partial charge in [-0.1, -0.05) is 11.6 Å². The van der Waals surface area contributed by atoms with E-state index in [2.05, 4.69) is 20.9 Å². The molecule has 1 N–H and O–H groups in total. The van der Waals surface area contributed by atoms with Crippen LogP contribution in [0.2, 0.25) is 5.02 Å². The average molecular weight is 361 g/mol. The topological polar surface area (TPSA) is 59.4 Å². The molecule has 0 aliphatic carbocycles. The second-order valence-corrected chi connectivity index (χ2v) is 5.21. The highest BCUT2D eigenvalue weighted by molar-refractivity contribution is 9.10. The zero-order valence-corrected chi connectivity index (χ0v) is 12.5. The van der Waals surface area contributed by atoms with Gasteiger partial charge in [-0.3, -0.25) is 0 Å². The van der Waals surface area contributed by atoms with Gasteiger partial charge in [0.05, 0.1) is 15.1 Å². The molecular formula is C13H8BrClFNO3. The fourth-order valence-corrected chi connectivity index (χ4v) is 2.19. The first kappa shape index (κ1) is 14.7. The lowest BCUT2D eigenvalue weighted by Gasteiger charge is -2.10. The molecule has 0 fully saturated rings. The van der Waals surface area contributed by atoms with Gasteiger partial charge in [0.1, 0.15) is 11.6 Å². The number of pyridine rings is 1. The van der Waals surface area contributed by atoms with Crippen LogP contribution in [-0.2, 0) is 0 Å². The van der Waals surface area contributed by atoms with Crippen LogP contribution in [0.25, 0.3) is 0 Å². The molecule has 0 bridgehead atoms. The van der Waals surface area contributed by atoms with Gasteiger partial charge in [0, 0.05) is 17.8 Å². The molecule has 1 heterocycles. The predicted molar refractivity (Wildman–Crippen MR) is 75.1 cm³/mol.